The molecule has 0 radical (unpaired) electrons. The normalized spacial score (nSPS) is 11.1. The molecular weight excluding hydrogens is 326 g/mol. The molecule has 0 aliphatic carbocycles. The molecule has 0 atom stereocenters. The van der Waals surface area contributed by atoms with E-state index < -0.39 is 11.9 Å². The maximum atomic E-state index is 12.5. The van der Waals surface area contributed by atoms with E-state index in [1.807, 2.05) is 20.8 Å². The summed E-state index contributed by atoms with van der Waals surface area (Å²) < 4.78 is 12.1. The monoisotopic (exact) mass is 347 g/mol. The van der Waals surface area contributed by atoms with Gasteiger partial charge < -0.3 is 19.9 Å². The van der Waals surface area contributed by atoms with Gasteiger partial charge in [0.25, 0.3) is 5.91 Å². The maximum Gasteiger partial charge on any atom is 0.335 e. The molecule has 0 aliphatic rings. The molecule has 25 heavy (non-hydrogen) atoms. The van der Waals surface area contributed by atoms with Gasteiger partial charge in [-0.15, -0.1) is 0 Å². The molecule has 1 heterocycles. The molecular formula is C17H21N3O5. The Kier molecular flexibility index (Phi) is 5.01. The number of carbonyl (C=O) groups excluding carboxylic acids is 1. The van der Waals surface area contributed by atoms with Crippen LogP contribution in [0.2, 0.25) is 0 Å². The van der Waals surface area contributed by atoms with Gasteiger partial charge in [0.05, 0.1) is 42.8 Å². The van der Waals surface area contributed by atoms with Crippen LogP contribution < -0.4 is 14.8 Å². The van der Waals surface area contributed by atoms with Crippen molar-refractivity contribution in [2.24, 2.45) is 0 Å². The van der Waals surface area contributed by atoms with Crippen molar-refractivity contribution in [1.29, 1.82) is 0 Å². The number of aromatic carboxylic acids is 1. The van der Waals surface area contributed by atoms with Crippen molar-refractivity contribution in [3.8, 4) is 11.5 Å². The largest absolute Gasteiger partial charge is 0.493 e. The van der Waals surface area contributed by atoms with Crippen LogP contribution in [0.1, 0.15) is 41.5 Å². The van der Waals surface area contributed by atoms with Crippen LogP contribution in [0, 0.1) is 0 Å². The van der Waals surface area contributed by atoms with Gasteiger partial charge in [-0.3, -0.25) is 9.48 Å². The first-order valence-electron chi connectivity index (χ1n) is 7.53. The number of benzene rings is 1. The third-order valence-electron chi connectivity index (χ3n) is 3.51. The number of hydrogen-bond acceptors (Lipinski definition) is 5. The minimum atomic E-state index is -1.14. The van der Waals surface area contributed by atoms with Gasteiger partial charge in [0.2, 0.25) is 0 Å². The summed E-state index contributed by atoms with van der Waals surface area (Å²) in [6.07, 6.45) is 3.07. The third kappa shape index (κ3) is 3.90. The van der Waals surface area contributed by atoms with E-state index in [0.717, 1.165) is 0 Å². The fourth-order valence-electron chi connectivity index (χ4n) is 2.18. The highest BCUT2D eigenvalue weighted by Crippen LogP contribution is 2.37. The zero-order valence-corrected chi connectivity index (χ0v) is 14.8. The van der Waals surface area contributed by atoms with E-state index in [2.05, 4.69) is 10.4 Å². The molecule has 8 nitrogen and oxygen atoms in total. The summed E-state index contributed by atoms with van der Waals surface area (Å²) in [5, 5.41) is 16.0. The lowest BCUT2D eigenvalue weighted by molar-refractivity contribution is 0.0696. The Balaban J connectivity index is 2.38. The Hall–Kier alpha value is -3.03. The average molecular weight is 347 g/mol. The van der Waals surface area contributed by atoms with Crippen LogP contribution in [0.5, 0.6) is 11.5 Å². The molecule has 0 saturated heterocycles. The predicted octanol–water partition coefficient (Wildman–Crippen LogP) is 2.61. The topological polar surface area (TPSA) is 103 Å². The predicted molar refractivity (Wildman–Crippen MR) is 91.7 cm³/mol. The number of methoxy groups -OCH3 is 2. The Bertz CT molecular complexity index is 805. The van der Waals surface area contributed by atoms with Crippen molar-refractivity contribution in [1.82, 2.24) is 9.78 Å². The lowest BCUT2D eigenvalue weighted by Crippen LogP contribution is -2.22. The lowest BCUT2D eigenvalue weighted by atomic mass is 10.1. The molecule has 8 heteroatoms. The Morgan fingerprint density at radius 2 is 1.84 bits per heavy atom. The summed E-state index contributed by atoms with van der Waals surface area (Å²) in [4.78, 5) is 23.8. The van der Waals surface area contributed by atoms with Crippen LogP contribution in [0.15, 0.2) is 24.5 Å². The van der Waals surface area contributed by atoms with Gasteiger partial charge in [0.1, 0.15) is 0 Å². The zero-order valence-electron chi connectivity index (χ0n) is 14.8. The van der Waals surface area contributed by atoms with E-state index in [0.29, 0.717) is 5.56 Å². The highest BCUT2D eigenvalue weighted by Gasteiger charge is 2.20. The number of carboxylic acid groups (broad SMARTS) is 1. The Morgan fingerprint density at radius 1 is 1.16 bits per heavy atom. The number of hydrogen-bond donors (Lipinski definition) is 2. The molecule has 0 fully saturated rings. The molecule has 2 rings (SSSR count). The van der Waals surface area contributed by atoms with E-state index >= 15 is 0 Å². The molecule has 1 amide bonds. The van der Waals surface area contributed by atoms with Crippen LogP contribution in [0.25, 0.3) is 0 Å². The van der Waals surface area contributed by atoms with Crippen molar-refractivity contribution < 1.29 is 24.2 Å². The van der Waals surface area contributed by atoms with E-state index in [4.69, 9.17) is 9.47 Å². The van der Waals surface area contributed by atoms with Gasteiger partial charge in [0, 0.05) is 6.20 Å². The molecule has 2 N–H and O–H groups in total. The molecule has 0 aliphatic heterocycles. The van der Waals surface area contributed by atoms with Crippen molar-refractivity contribution in [3.63, 3.8) is 0 Å². The van der Waals surface area contributed by atoms with E-state index in [1.165, 1.54) is 32.5 Å². The second-order valence-electron chi connectivity index (χ2n) is 6.36. The number of anilines is 1. The number of aromatic nitrogens is 2. The van der Waals surface area contributed by atoms with Crippen LogP contribution >= 0.6 is 0 Å². The fourth-order valence-corrected chi connectivity index (χ4v) is 2.18. The van der Waals surface area contributed by atoms with Gasteiger partial charge in [-0.25, -0.2) is 4.79 Å². The number of nitrogens with one attached hydrogen (secondary N) is 1. The summed E-state index contributed by atoms with van der Waals surface area (Å²) in [6, 6.07) is 2.64. The second kappa shape index (κ2) is 6.84. The van der Waals surface area contributed by atoms with Crippen LogP contribution in [0.3, 0.4) is 0 Å². The molecule has 0 bridgehead atoms. The quantitative estimate of drug-likeness (QED) is 0.862. The Morgan fingerprint density at radius 3 is 2.32 bits per heavy atom. The molecule has 134 valence electrons. The summed E-state index contributed by atoms with van der Waals surface area (Å²) in [5.41, 5.74) is 0.255. The van der Waals surface area contributed by atoms with Gasteiger partial charge in [-0.2, -0.15) is 5.10 Å². The number of rotatable bonds is 5. The molecule has 0 unspecified atom stereocenters. The highest BCUT2D eigenvalue weighted by molar-refractivity contribution is 6.05. The molecule has 1 aromatic carbocycles. The molecule has 0 saturated carbocycles. The van der Waals surface area contributed by atoms with Crippen LogP contribution in [-0.2, 0) is 5.54 Å². The lowest BCUT2D eigenvalue weighted by Gasteiger charge is -2.18. The number of carboxylic acids is 1. The minimum absolute atomic E-state index is 0.0293. The van der Waals surface area contributed by atoms with E-state index in [9.17, 15) is 14.7 Å². The summed E-state index contributed by atoms with van der Waals surface area (Å²) in [5.74, 6) is -1.12. The second-order valence-corrected chi connectivity index (χ2v) is 6.36. The van der Waals surface area contributed by atoms with Gasteiger partial charge in [0.15, 0.2) is 11.5 Å². The fraction of sp³-hybridized carbons (Fsp3) is 0.353. The molecule has 2 aromatic rings. The number of amides is 1. The van der Waals surface area contributed by atoms with Crippen LogP contribution in [-0.4, -0.2) is 41.0 Å². The van der Waals surface area contributed by atoms with Crippen LogP contribution in [0.4, 0.5) is 5.69 Å². The van der Waals surface area contributed by atoms with Crippen molar-refractivity contribution in [2.45, 2.75) is 26.3 Å². The highest BCUT2D eigenvalue weighted by atomic mass is 16.5. The van der Waals surface area contributed by atoms with E-state index in [1.54, 1.807) is 10.9 Å². The molecule has 0 spiro atoms. The summed E-state index contributed by atoms with van der Waals surface area (Å²) >= 11 is 0. The first kappa shape index (κ1) is 18.3. The molecule has 1 aromatic heterocycles. The van der Waals surface area contributed by atoms with E-state index in [-0.39, 0.29) is 28.3 Å². The summed E-state index contributed by atoms with van der Waals surface area (Å²) in [6.45, 7) is 5.89. The smallest absolute Gasteiger partial charge is 0.335 e. The zero-order chi connectivity index (χ0) is 18.8. The van der Waals surface area contributed by atoms with Gasteiger partial charge >= 0.3 is 5.97 Å². The Labute approximate surface area is 145 Å². The summed E-state index contributed by atoms with van der Waals surface area (Å²) in [7, 11) is 2.80. The van der Waals surface area contributed by atoms with Crippen molar-refractivity contribution >= 4 is 17.6 Å². The van der Waals surface area contributed by atoms with Gasteiger partial charge in [-0.1, -0.05) is 0 Å². The first-order valence-corrected chi connectivity index (χ1v) is 7.53. The SMILES string of the molecule is COc1cc(C(=O)O)cc(NC(=O)c2cnn(C(C)(C)C)c2)c1OC. The number of ether oxygens (including phenoxy) is 2. The minimum Gasteiger partial charge on any atom is -0.493 e. The first-order chi connectivity index (χ1) is 11.7. The number of carbonyl (C=O) groups is 2. The average Bonchev–Trinajstić information content (AvgIpc) is 3.04. The third-order valence-corrected chi connectivity index (χ3v) is 3.51. The maximum absolute atomic E-state index is 12.5. The standard InChI is InChI=1S/C17H21N3O5/c1-17(2,3)20-9-11(8-18-20)15(21)19-12-6-10(16(22)23)7-13(24-4)14(12)25-5/h6-9H,1-5H3,(H,19,21)(H,22,23). The van der Waals surface area contributed by atoms with Crippen molar-refractivity contribution in [2.75, 3.05) is 19.5 Å². The van der Waals surface area contributed by atoms with Gasteiger partial charge in [-0.05, 0) is 32.9 Å². The van der Waals surface area contributed by atoms with Crippen molar-refractivity contribution in [3.05, 3.63) is 35.7 Å². The number of nitrogens with zero attached hydrogens (tertiary/aromatic N) is 2.